The first-order valence-electron chi connectivity index (χ1n) is 7.89. The molecule has 3 rings (SSSR count). The van der Waals surface area contributed by atoms with Gasteiger partial charge in [-0.05, 0) is 31.2 Å². The number of carbonyl (C=O) groups is 1. The number of carbonyl (C=O) groups excluding carboxylic acids is 1. The lowest BCUT2D eigenvalue weighted by atomic mass is 10.2. The summed E-state index contributed by atoms with van der Waals surface area (Å²) >= 11 is 0. The third-order valence-electron chi connectivity index (χ3n) is 4.15. The number of nitrogens with zero attached hydrogens (tertiary/aromatic N) is 4. The highest BCUT2D eigenvalue weighted by molar-refractivity contribution is 6.05. The van der Waals surface area contributed by atoms with Crippen LogP contribution in [0.2, 0.25) is 0 Å². The minimum Gasteiger partial charge on any atom is -0.307 e. The van der Waals surface area contributed by atoms with E-state index < -0.39 is 11.2 Å². The van der Waals surface area contributed by atoms with Crippen LogP contribution in [-0.4, -0.2) is 26.6 Å². The Labute approximate surface area is 143 Å². The molecule has 0 spiro atoms. The standard InChI is InChI=1S/C18H18N4O3/c1-4-22(12-8-6-5-7-9-12)17(24)14-11-10-13-15(19-14)20(2)18(25)21(3)16(13)23/h5-11H,4H2,1-3H3. The van der Waals surface area contributed by atoms with Crippen LogP contribution in [0.15, 0.2) is 52.1 Å². The molecule has 25 heavy (non-hydrogen) atoms. The first-order chi connectivity index (χ1) is 12.0. The van der Waals surface area contributed by atoms with Crippen LogP contribution in [0, 0.1) is 0 Å². The number of aromatic nitrogens is 3. The zero-order chi connectivity index (χ0) is 18.1. The van der Waals surface area contributed by atoms with E-state index in [0.717, 1.165) is 10.3 Å². The second-order valence-electron chi connectivity index (χ2n) is 5.66. The summed E-state index contributed by atoms with van der Waals surface area (Å²) in [6, 6.07) is 12.3. The zero-order valence-corrected chi connectivity index (χ0v) is 14.3. The molecule has 0 saturated heterocycles. The van der Waals surface area contributed by atoms with Gasteiger partial charge < -0.3 is 4.90 Å². The Morgan fingerprint density at radius 3 is 2.36 bits per heavy atom. The molecular weight excluding hydrogens is 320 g/mol. The number of pyridine rings is 1. The number of amides is 1. The van der Waals surface area contributed by atoms with Gasteiger partial charge in [-0.1, -0.05) is 18.2 Å². The van der Waals surface area contributed by atoms with Gasteiger partial charge in [0.25, 0.3) is 11.5 Å². The van der Waals surface area contributed by atoms with Gasteiger partial charge >= 0.3 is 5.69 Å². The lowest BCUT2D eigenvalue weighted by Crippen LogP contribution is -2.38. The van der Waals surface area contributed by atoms with Gasteiger partial charge in [0.2, 0.25) is 0 Å². The van der Waals surface area contributed by atoms with Crippen molar-refractivity contribution in [2.75, 3.05) is 11.4 Å². The molecule has 0 aliphatic carbocycles. The summed E-state index contributed by atoms with van der Waals surface area (Å²) < 4.78 is 2.29. The highest BCUT2D eigenvalue weighted by atomic mass is 16.2. The van der Waals surface area contributed by atoms with Gasteiger partial charge in [0.05, 0.1) is 5.39 Å². The molecule has 0 fully saturated rings. The second kappa shape index (κ2) is 6.35. The van der Waals surface area contributed by atoms with E-state index in [1.54, 1.807) is 4.90 Å². The van der Waals surface area contributed by atoms with Gasteiger partial charge in [-0.2, -0.15) is 0 Å². The van der Waals surface area contributed by atoms with E-state index in [2.05, 4.69) is 4.98 Å². The number of fused-ring (bicyclic) bond motifs is 1. The first-order valence-corrected chi connectivity index (χ1v) is 7.89. The van der Waals surface area contributed by atoms with Gasteiger partial charge in [-0.25, -0.2) is 9.78 Å². The molecule has 1 aromatic carbocycles. The molecule has 128 valence electrons. The number of anilines is 1. The Bertz CT molecular complexity index is 1070. The average Bonchev–Trinajstić information content (AvgIpc) is 2.65. The molecule has 2 aromatic heterocycles. The number of benzene rings is 1. The fraction of sp³-hybridized carbons (Fsp3) is 0.222. The number of hydrogen-bond donors (Lipinski definition) is 0. The molecule has 7 nitrogen and oxygen atoms in total. The van der Waals surface area contributed by atoms with Gasteiger partial charge in [0.1, 0.15) is 11.3 Å². The Balaban J connectivity index is 2.15. The van der Waals surface area contributed by atoms with E-state index in [4.69, 9.17) is 0 Å². The normalized spacial score (nSPS) is 10.8. The van der Waals surface area contributed by atoms with E-state index >= 15 is 0 Å². The summed E-state index contributed by atoms with van der Waals surface area (Å²) in [7, 11) is 2.94. The van der Waals surface area contributed by atoms with E-state index in [9.17, 15) is 14.4 Å². The topological polar surface area (TPSA) is 77.2 Å². The predicted molar refractivity (Wildman–Crippen MR) is 96.0 cm³/mol. The molecule has 0 aliphatic heterocycles. The third-order valence-corrected chi connectivity index (χ3v) is 4.15. The number of rotatable bonds is 3. The highest BCUT2D eigenvalue weighted by Crippen LogP contribution is 2.16. The average molecular weight is 338 g/mol. The Morgan fingerprint density at radius 2 is 1.72 bits per heavy atom. The van der Waals surface area contributed by atoms with Gasteiger partial charge in [-0.3, -0.25) is 18.7 Å². The summed E-state index contributed by atoms with van der Waals surface area (Å²) in [6.45, 7) is 2.34. The summed E-state index contributed by atoms with van der Waals surface area (Å²) in [5, 5.41) is 0.295. The molecule has 2 heterocycles. The van der Waals surface area contributed by atoms with Crippen LogP contribution in [0.3, 0.4) is 0 Å². The molecule has 0 atom stereocenters. The molecule has 3 aromatic rings. The van der Waals surface area contributed by atoms with Crippen LogP contribution >= 0.6 is 0 Å². The Kier molecular flexibility index (Phi) is 4.22. The Hall–Kier alpha value is -3.22. The largest absolute Gasteiger partial charge is 0.332 e. The monoisotopic (exact) mass is 338 g/mol. The lowest BCUT2D eigenvalue weighted by molar-refractivity contribution is 0.0984. The van der Waals surface area contributed by atoms with Crippen molar-refractivity contribution in [3.8, 4) is 0 Å². The van der Waals surface area contributed by atoms with E-state index in [1.807, 2.05) is 37.3 Å². The maximum atomic E-state index is 12.9. The number of aryl methyl sites for hydroxylation is 1. The molecule has 1 amide bonds. The van der Waals surface area contributed by atoms with Crippen molar-refractivity contribution >= 4 is 22.6 Å². The molecule has 7 heteroatoms. The summed E-state index contributed by atoms with van der Waals surface area (Å²) in [4.78, 5) is 43.0. The van der Waals surface area contributed by atoms with Crippen molar-refractivity contribution in [1.82, 2.24) is 14.1 Å². The first kappa shape index (κ1) is 16.6. The summed E-state index contributed by atoms with van der Waals surface area (Å²) in [6.07, 6.45) is 0. The van der Waals surface area contributed by atoms with Gasteiger partial charge in [0.15, 0.2) is 0 Å². The summed E-state index contributed by atoms with van der Waals surface area (Å²) in [5.41, 5.74) is 0.226. The summed E-state index contributed by atoms with van der Waals surface area (Å²) in [5.74, 6) is -0.288. The highest BCUT2D eigenvalue weighted by Gasteiger charge is 2.19. The van der Waals surface area contributed by atoms with Crippen LogP contribution < -0.4 is 16.1 Å². The van der Waals surface area contributed by atoms with Crippen LogP contribution in [0.5, 0.6) is 0 Å². The van der Waals surface area contributed by atoms with Crippen LogP contribution in [0.25, 0.3) is 11.0 Å². The van der Waals surface area contributed by atoms with Crippen LogP contribution in [0.1, 0.15) is 17.4 Å². The third kappa shape index (κ3) is 2.73. The van der Waals surface area contributed by atoms with Crippen molar-refractivity contribution in [2.45, 2.75) is 6.92 Å². The predicted octanol–water partition coefficient (Wildman–Crippen LogP) is 1.30. The molecule has 0 unspecified atom stereocenters. The maximum Gasteiger partial charge on any atom is 0.332 e. The zero-order valence-electron chi connectivity index (χ0n) is 14.3. The van der Waals surface area contributed by atoms with E-state index in [-0.39, 0.29) is 17.2 Å². The van der Waals surface area contributed by atoms with Crippen molar-refractivity contribution in [2.24, 2.45) is 14.1 Å². The van der Waals surface area contributed by atoms with Crippen molar-refractivity contribution in [3.05, 3.63) is 69.0 Å². The lowest BCUT2D eigenvalue weighted by Gasteiger charge is -2.20. The maximum absolute atomic E-state index is 12.9. The molecule has 0 bridgehead atoms. The minimum atomic E-state index is -0.481. The van der Waals surface area contributed by atoms with Crippen LogP contribution in [-0.2, 0) is 14.1 Å². The van der Waals surface area contributed by atoms with Crippen molar-refractivity contribution in [1.29, 1.82) is 0 Å². The smallest absolute Gasteiger partial charge is 0.307 e. The molecule has 0 aliphatic rings. The molecular formula is C18H18N4O3. The second-order valence-corrected chi connectivity index (χ2v) is 5.66. The number of hydrogen-bond acceptors (Lipinski definition) is 4. The SMILES string of the molecule is CCN(C(=O)c1ccc2c(=O)n(C)c(=O)n(C)c2n1)c1ccccc1. The van der Waals surface area contributed by atoms with E-state index in [0.29, 0.717) is 11.9 Å². The molecule has 0 N–H and O–H groups in total. The fourth-order valence-electron chi connectivity index (χ4n) is 2.76. The van der Waals surface area contributed by atoms with Gasteiger partial charge in [-0.15, -0.1) is 0 Å². The number of para-hydroxylation sites is 1. The minimum absolute atomic E-state index is 0.182. The quantitative estimate of drug-likeness (QED) is 0.721. The fourth-order valence-corrected chi connectivity index (χ4v) is 2.76. The van der Waals surface area contributed by atoms with Crippen LogP contribution in [0.4, 0.5) is 5.69 Å². The van der Waals surface area contributed by atoms with Gasteiger partial charge in [0, 0.05) is 26.3 Å². The van der Waals surface area contributed by atoms with E-state index in [1.165, 1.54) is 30.8 Å². The molecule has 0 saturated carbocycles. The van der Waals surface area contributed by atoms with Crippen molar-refractivity contribution < 1.29 is 4.79 Å². The van der Waals surface area contributed by atoms with Crippen molar-refractivity contribution in [3.63, 3.8) is 0 Å². The molecule has 0 radical (unpaired) electrons. The Morgan fingerprint density at radius 1 is 1.04 bits per heavy atom.